The predicted octanol–water partition coefficient (Wildman–Crippen LogP) is 3.61. The molecular weight excluding hydrogens is 348 g/mol. The van der Waals surface area contributed by atoms with Crippen LogP contribution in [0.15, 0.2) is 48.5 Å². The zero-order valence-electron chi connectivity index (χ0n) is 15.3. The van der Waals surface area contributed by atoms with E-state index in [1.807, 2.05) is 25.1 Å². The average Bonchev–Trinajstić information content (AvgIpc) is 2.66. The van der Waals surface area contributed by atoms with Crippen molar-refractivity contribution in [2.24, 2.45) is 0 Å². The van der Waals surface area contributed by atoms with Gasteiger partial charge in [0.25, 0.3) is 5.91 Å². The fourth-order valence-corrected chi connectivity index (χ4v) is 2.29. The fourth-order valence-electron chi connectivity index (χ4n) is 2.29. The summed E-state index contributed by atoms with van der Waals surface area (Å²) in [4.78, 5) is 35.5. The molecular formula is C20H22N2O5. The second-order valence-electron chi connectivity index (χ2n) is 5.60. The van der Waals surface area contributed by atoms with Gasteiger partial charge in [0.15, 0.2) is 6.61 Å². The lowest BCUT2D eigenvalue weighted by Gasteiger charge is -2.09. The fraction of sp³-hybridized carbons (Fsp3) is 0.250. The zero-order chi connectivity index (χ0) is 19.6. The number of ether oxygens (including phenoxy) is 2. The molecule has 2 aromatic rings. The van der Waals surface area contributed by atoms with Crippen molar-refractivity contribution in [3.63, 3.8) is 0 Å². The van der Waals surface area contributed by atoms with Gasteiger partial charge in [0.2, 0.25) is 0 Å². The Labute approximate surface area is 157 Å². The van der Waals surface area contributed by atoms with Gasteiger partial charge < -0.3 is 14.8 Å². The minimum atomic E-state index is -0.667. The highest BCUT2D eigenvalue weighted by Gasteiger charge is 2.12. The maximum absolute atomic E-state index is 12.1. The Balaban J connectivity index is 1.89. The number of esters is 1. The minimum Gasteiger partial charge on any atom is -0.452 e. The summed E-state index contributed by atoms with van der Waals surface area (Å²) in [6.45, 7) is 3.54. The monoisotopic (exact) mass is 370 g/mol. The highest BCUT2D eigenvalue weighted by Crippen LogP contribution is 2.13. The van der Waals surface area contributed by atoms with Crippen LogP contribution in [0, 0.1) is 0 Å². The Kier molecular flexibility index (Phi) is 7.37. The van der Waals surface area contributed by atoms with E-state index >= 15 is 0 Å². The number of carbonyl (C=O) groups is 3. The van der Waals surface area contributed by atoms with Gasteiger partial charge in [0, 0.05) is 11.4 Å². The molecule has 0 aliphatic rings. The van der Waals surface area contributed by atoms with Crippen LogP contribution in [0.5, 0.6) is 0 Å². The second-order valence-corrected chi connectivity index (χ2v) is 5.60. The van der Waals surface area contributed by atoms with Gasteiger partial charge in [-0.05, 0) is 49.2 Å². The lowest BCUT2D eigenvalue weighted by Crippen LogP contribution is -2.21. The smallest absolute Gasteiger partial charge is 0.411 e. The number of amides is 2. The molecule has 0 aliphatic heterocycles. The number of carbonyl (C=O) groups excluding carboxylic acids is 3. The number of anilines is 2. The van der Waals surface area contributed by atoms with Crippen molar-refractivity contribution in [2.75, 3.05) is 23.8 Å². The molecule has 0 aliphatic carbocycles. The van der Waals surface area contributed by atoms with Gasteiger partial charge in [-0.2, -0.15) is 0 Å². The standard InChI is InChI=1S/C20H22N2O5/c1-3-14-7-5-9-16(11-14)21-18(23)13-27-19(24)15-8-6-10-17(12-15)22-20(25)26-4-2/h5-12H,3-4,13H2,1-2H3,(H,21,23)(H,22,25). The molecule has 2 aromatic carbocycles. The van der Waals surface area contributed by atoms with Crippen molar-refractivity contribution in [1.29, 1.82) is 0 Å². The topological polar surface area (TPSA) is 93.7 Å². The van der Waals surface area contributed by atoms with E-state index in [-0.39, 0.29) is 12.2 Å². The van der Waals surface area contributed by atoms with Crippen LogP contribution in [0.3, 0.4) is 0 Å². The van der Waals surface area contributed by atoms with E-state index in [0.29, 0.717) is 11.4 Å². The number of nitrogens with one attached hydrogen (secondary N) is 2. The van der Waals surface area contributed by atoms with E-state index in [2.05, 4.69) is 10.6 Å². The molecule has 0 heterocycles. The molecule has 7 nitrogen and oxygen atoms in total. The molecule has 0 unspecified atom stereocenters. The molecule has 0 saturated heterocycles. The van der Waals surface area contributed by atoms with Crippen molar-refractivity contribution >= 4 is 29.3 Å². The Bertz CT molecular complexity index is 820. The number of benzene rings is 2. The Morgan fingerprint density at radius 3 is 2.30 bits per heavy atom. The zero-order valence-corrected chi connectivity index (χ0v) is 15.3. The SMILES string of the molecule is CCOC(=O)Nc1cccc(C(=O)OCC(=O)Nc2cccc(CC)c2)c1. The van der Waals surface area contributed by atoms with E-state index < -0.39 is 24.6 Å². The van der Waals surface area contributed by atoms with E-state index in [1.165, 1.54) is 12.1 Å². The summed E-state index contributed by atoms with van der Waals surface area (Å²) in [5.41, 5.74) is 2.35. The lowest BCUT2D eigenvalue weighted by molar-refractivity contribution is -0.119. The van der Waals surface area contributed by atoms with Gasteiger partial charge in [0.1, 0.15) is 0 Å². The number of hydrogen-bond donors (Lipinski definition) is 2. The number of rotatable bonds is 7. The van der Waals surface area contributed by atoms with E-state index in [4.69, 9.17) is 9.47 Å². The molecule has 0 radical (unpaired) electrons. The van der Waals surface area contributed by atoms with E-state index in [0.717, 1.165) is 12.0 Å². The maximum Gasteiger partial charge on any atom is 0.411 e. The summed E-state index contributed by atoms with van der Waals surface area (Å²) in [5, 5.41) is 5.18. The van der Waals surface area contributed by atoms with Crippen LogP contribution in [0.4, 0.5) is 16.2 Å². The largest absolute Gasteiger partial charge is 0.452 e. The molecule has 2 rings (SSSR count). The van der Waals surface area contributed by atoms with Gasteiger partial charge in [-0.15, -0.1) is 0 Å². The Morgan fingerprint density at radius 1 is 0.889 bits per heavy atom. The normalized spacial score (nSPS) is 10.0. The van der Waals surface area contributed by atoms with Gasteiger partial charge in [0.05, 0.1) is 12.2 Å². The highest BCUT2D eigenvalue weighted by atomic mass is 16.5. The third-order valence-electron chi connectivity index (χ3n) is 3.57. The molecule has 0 saturated carbocycles. The summed E-state index contributed by atoms with van der Waals surface area (Å²) < 4.78 is 9.81. The molecule has 7 heteroatoms. The van der Waals surface area contributed by atoms with E-state index in [1.54, 1.807) is 25.1 Å². The third kappa shape index (κ3) is 6.47. The Hall–Kier alpha value is -3.35. The first kappa shape index (κ1) is 20.0. The van der Waals surface area contributed by atoms with Gasteiger partial charge in [-0.1, -0.05) is 25.1 Å². The average molecular weight is 370 g/mol. The molecule has 2 amide bonds. The summed E-state index contributed by atoms with van der Waals surface area (Å²) in [6.07, 6.45) is 0.242. The molecule has 142 valence electrons. The van der Waals surface area contributed by atoms with E-state index in [9.17, 15) is 14.4 Å². The first-order valence-corrected chi connectivity index (χ1v) is 8.61. The van der Waals surface area contributed by atoms with Crippen LogP contribution >= 0.6 is 0 Å². The summed E-state index contributed by atoms with van der Waals surface area (Å²) >= 11 is 0. The molecule has 0 atom stereocenters. The van der Waals surface area contributed by atoms with Crippen LogP contribution in [-0.2, 0) is 20.7 Å². The molecule has 0 spiro atoms. The first-order valence-electron chi connectivity index (χ1n) is 8.61. The van der Waals surface area contributed by atoms with Crippen molar-refractivity contribution in [3.8, 4) is 0 Å². The summed E-state index contributed by atoms with van der Waals surface area (Å²) in [5.74, 6) is -1.10. The first-order chi connectivity index (χ1) is 13.0. The second kappa shape index (κ2) is 9.96. The summed E-state index contributed by atoms with van der Waals surface area (Å²) in [7, 11) is 0. The molecule has 0 bridgehead atoms. The van der Waals surface area contributed by atoms with Crippen LogP contribution in [-0.4, -0.2) is 31.2 Å². The van der Waals surface area contributed by atoms with Crippen LogP contribution in [0.25, 0.3) is 0 Å². The Morgan fingerprint density at radius 2 is 1.59 bits per heavy atom. The van der Waals surface area contributed by atoms with Gasteiger partial charge >= 0.3 is 12.1 Å². The number of aryl methyl sites for hydroxylation is 1. The minimum absolute atomic E-state index is 0.213. The molecule has 0 aromatic heterocycles. The molecule has 2 N–H and O–H groups in total. The van der Waals surface area contributed by atoms with Crippen molar-refractivity contribution < 1.29 is 23.9 Å². The van der Waals surface area contributed by atoms with Crippen LogP contribution in [0.2, 0.25) is 0 Å². The van der Waals surface area contributed by atoms with Gasteiger partial charge in [-0.3, -0.25) is 10.1 Å². The van der Waals surface area contributed by atoms with Gasteiger partial charge in [-0.25, -0.2) is 9.59 Å². The van der Waals surface area contributed by atoms with Crippen molar-refractivity contribution in [2.45, 2.75) is 20.3 Å². The quantitative estimate of drug-likeness (QED) is 0.726. The highest BCUT2D eigenvalue weighted by molar-refractivity contribution is 5.96. The number of hydrogen-bond acceptors (Lipinski definition) is 5. The summed E-state index contributed by atoms with van der Waals surface area (Å²) in [6, 6.07) is 13.6. The van der Waals surface area contributed by atoms with Crippen LogP contribution in [0.1, 0.15) is 29.8 Å². The molecule has 0 fully saturated rings. The van der Waals surface area contributed by atoms with Crippen molar-refractivity contribution in [1.82, 2.24) is 0 Å². The lowest BCUT2D eigenvalue weighted by atomic mass is 10.1. The molecule has 27 heavy (non-hydrogen) atoms. The predicted molar refractivity (Wildman–Crippen MR) is 102 cm³/mol. The van der Waals surface area contributed by atoms with Crippen molar-refractivity contribution in [3.05, 3.63) is 59.7 Å². The maximum atomic E-state index is 12.1. The third-order valence-corrected chi connectivity index (χ3v) is 3.57. The van der Waals surface area contributed by atoms with Crippen LogP contribution < -0.4 is 10.6 Å².